The Balaban J connectivity index is 1.72. The molecule has 1 N–H and O–H groups in total. The number of nitrogens with one attached hydrogen (secondary N) is 1. The Kier molecular flexibility index (Phi) is 5.18. The summed E-state index contributed by atoms with van der Waals surface area (Å²) < 4.78 is 0. The van der Waals surface area contributed by atoms with Crippen LogP contribution in [0.3, 0.4) is 0 Å². The lowest BCUT2D eigenvalue weighted by Crippen LogP contribution is -2.43. The second kappa shape index (κ2) is 7.51. The third-order valence-electron chi connectivity index (χ3n) is 4.45. The van der Waals surface area contributed by atoms with Crippen LogP contribution in [-0.4, -0.2) is 45.5 Å². The van der Waals surface area contributed by atoms with E-state index in [2.05, 4.69) is 32.1 Å². The molecule has 2 aromatic rings. The minimum absolute atomic E-state index is 0.603. The van der Waals surface area contributed by atoms with Gasteiger partial charge >= 0.3 is 0 Å². The Morgan fingerprint density at radius 2 is 2.22 bits per heavy atom. The number of rotatable bonds is 5. The second-order valence-electron chi connectivity index (χ2n) is 6.12. The van der Waals surface area contributed by atoms with Crippen molar-refractivity contribution in [2.45, 2.75) is 39.2 Å². The lowest BCUT2D eigenvalue weighted by atomic mass is 10.0. The van der Waals surface area contributed by atoms with Gasteiger partial charge in [0.05, 0.1) is 0 Å². The summed E-state index contributed by atoms with van der Waals surface area (Å²) in [5.41, 5.74) is 1.92. The first kappa shape index (κ1) is 15.9. The molecule has 3 rings (SSSR count). The van der Waals surface area contributed by atoms with Crippen LogP contribution in [0.1, 0.15) is 31.9 Å². The van der Waals surface area contributed by atoms with E-state index < -0.39 is 0 Å². The van der Waals surface area contributed by atoms with Gasteiger partial charge in [0.25, 0.3) is 0 Å². The molecule has 0 bridgehead atoms. The molecule has 5 nitrogen and oxygen atoms in total. The number of aryl methyl sites for hydroxylation is 1. The van der Waals surface area contributed by atoms with Crippen molar-refractivity contribution in [3.63, 3.8) is 0 Å². The van der Waals surface area contributed by atoms with E-state index in [1.165, 1.54) is 25.8 Å². The number of nitrogens with zero attached hydrogens (tertiary/aromatic N) is 4. The Morgan fingerprint density at radius 3 is 3.00 bits per heavy atom. The summed E-state index contributed by atoms with van der Waals surface area (Å²) in [4.78, 5) is 15.9. The fraction of sp³-hybridized carbons (Fsp3) is 0.500. The predicted octanol–water partition coefficient (Wildman–Crippen LogP) is 3.13. The zero-order valence-electron chi connectivity index (χ0n) is 14.0. The Bertz CT molecular complexity index is 629. The highest BCUT2D eigenvalue weighted by Gasteiger charge is 2.20. The molecule has 3 heterocycles. The summed E-state index contributed by atoms with van der Waals surface area (Å²) >= 11 is 0. The molecular formula is C18H25N5. The number of likely N-dealkylation sites (N-methyl/N-ethyl adjacent to an activating group) is 1. The molecule has 1 unspecified atom stereocenters. The fourth-order valence-electron chi connectivity index (χ4n) is 3.21. The van der Waals surface area contributed by atoms with Crippen LogP contribution in [0.25, 0.3) is 11.4 Å². The number of anilines is 1. The number of hydrogen-bond acceptors (Lipinski definition) is 5. The summed E-state index contributed by atoms with van der Waals surface area (Å²) in [7, 11) is 0. The van der Waals surface area contributed by atoms with Crippen LogP contribution in [0.4, 0.5) is 5.82 Å². The zero-order chi connectivity index (χ0) is 16.1. The normalized spacial score (nSPS) is 18.8. The van der Waals surface area contributed by atoms with Crippen molar-refractivity contribution in [3.05, 3.63) is 36.3 Å². The maximum absolute atomic E-state index is 4.66. The average molecular weight is 311 g/mol. The summed E-state index contributed by atoms with van der Waals surface area (Å²) in [6, 6.07) is 6.52. The van der Waals surface area contributed by atoms with Gasteiger partial charge in [0.1, 0.15) is 5.82 Å². The number of likely N-dealkylation sites (tertiary alicyclic amines) is 1. The highest BCUT2D eigenvalue weighted by Crippen LogP contribution is 2.19. The lowest BCUT2D eigenvalue weighted by Gasteiger charge is -2.35. The van der Waals surface area contributed by atoms with E-state index in [1.54, 1.807) is 12.4 Å². The molecule has 0 aromatic carbocycles. The van der Waals surface area contributed by atoms with Crippen molar-refractivity contribution >= 4 is 5.82 Å². The van der Waals surface area contributed by atoms with Crippen molar-refractivity contribution in [2.75, 3.05) is 25.0 Å². The highest BCUT2D eigenvalue weighted by molar-refractivity contribution is 5.56. The molecule has 0 radical (unpaired) electrons. The standard InChI is InChI=1S/C18H25N5/c1-3-23-10-5-4-8-16(23)13-20-17-11-14(2)21-18(22-17)15-7-6-9-19-12-15/h6-7,9,11-12,16H,3-5,8,10,13H2,1-2H3,(H,20,21,22). The third-order valence-corrected chi connectivity index (χ3v) is 4.45. The summed E-state index contributed by atoms with van der Waals surface area (Å²) in [5.74, 6) is 1.63. The molecular weight excluding hydrogens is 286 g/mol. The molecule has 5 heteroatoms. The van der Waals surface area contributed by atoms with Gasteiger partial charge in [-0.15, -0.1) is 0 Å². The van der Waals surface area contributed by atoms with Crippen molar-refractivity contribution in [1.29, 1.82) is 0 Å². The maximum atomic E-state index is 4.66. The smallest absolute Gasteiger partial charge is 0.163 e. The first-order chi connectivity index (χ1) is 11.3. The van der Waals surface area contributed by atoms with Gasteiger partial charge in [0.15, 0.2) is 5.82 Å². The molecule has 1 aliphatic rings. The van der Waals surface area contributed by atoms with E-state index in [0.717, 1.165) is 36.0 Å². The summed E-state index contributed by atoms with van der Waals surface area (Å²) in [6.07, 6.45) is 7.48. The molecule has 1 fully saturated rings. The topological polar surface area (TPSA) is 53.9 Å². The number of piperidine rings is 1. The van der Waals surface area contributed by atoms with E-state index >= 15 is 0 Å². The molecule has 0 spiro atoms. The van der Waals surface area contributed by atoms with E-state index in [9.17, 15) is 0 Å². The van der Waals surface area contributed by atoms with Gasteiger partial charge in [-0.3, -0.25) is 9.88 Å². The van der Waals surface area contributed by atoms with Crippen LogP contribution in [0.5, 0.6) is 0 Å². The largest absolute Gasteiger partial charge is 0.368 e. The fourth-order valence-corrected chi connectivity index (χ4v) is 3.21. The van der Waals surface area contributed by atoms with Gasteiger partial charge in [-0.25, -0.2) is 9.97 Å². The summed E-state index contributed by atoms with van der Waals surface area (Å²) in [6.45, 7) is 7.53. The Labute approximate surface area is 138 Å². The van der Waals surface area contributed by atoms with E-state index in [4.69, 9.17) is 0 Å². The van der Waals surface area contributed by atoms with Crippen molar-refractivity contribution in [1.82, 2.24) is 19.9 Å². The molecule has 0 amide bonds. The van der Waals surface area contributed by atoms with Crippen LogP contribution in [0.15, 0.2) is 30.6 Å². The Morgan fingerprint density at radius 1 is 1.30 bits per heavy atom. The number of pyridine rings is 1. The number of hydrogen-bond donors (Lipinski definition) is 1. The molecule has 122 valence electrons. The van der Waals surface area contributed by atoms with Crippen molar-refractivity contribution in [2.24, 2.45) is 0 Å². The minimum atomic E-state index is 0.603. The molecule has 1 atom stereocenters. The van der Waals surface area contributed by atoms with E-state index in [-0.39, 0.29) is 0 Å². The van der Waals surface area contributed by atoms with Crippen LogP contribution in [0.2, 0.25) is 0 Å². The van der Waals surface area contributed by atoms with Gasteiger partial charge in [0.2, 0.25) is 0 Å². The minimum Gasteiger partial charge on any atom is -0.368 e. The van der Waals surface area contributed by atoms with Crippen LogP contribution in [0, 0.1) is 6.92 Å². The molecule has 0 aliphatic carbocycles. The van der Waals surface area contributed by atoms with Crippen LogP contribution >= 0.6 is 0 Å². The number of aromatic nitrogens is 3. The summed E-state index contributed by atoms with van der Waals surface area (Å²) in [5, 5.41) is 3.52. The predicted molar refractivity (Wildman–Crippen MR) is 93.4 cm³/mol. The molecule has 0 saturated carbocycles. The van der Waals surface area contributed by atoms with Crippen LogP contribution in [-0.2, 0) is 0 Å². The van der Waals surface area contributed by atoms with Crippen LogP contribution < -0.4 is 5.32 Å². The monoisotopic (exact) mass is 311 g/mol. The quantitative estimate of drug-likeness (QED) is 0.919. The van der Waals surface area contributed by atoms with Crippen molar-refractivity contribution < 1.29 is 0 Å². The Hall–Kier alpha value is -2.01. The SMILES string of the molecule is CCN1CCCCC1CNc1cc(C)nc(-c2cccnc2)n1. The maximum Gasteiger partial charge on any atom is 0.163 e. The average Bonchev–Trinajstić information content (AvgIpc) is 2.60. The van der Waals surface area contributed by atoms with Gasteiger partial charge in [-0.05, 0) is 45.0 Å². The first-order valence-corrected chi connectivity index (χ1v) is 8.50. The van der Waals surface area contributed by atoms with Gasteiger partial charge in [-0.1, -0.05) is 13.3 Å². The van der Waals surface area contributed by atoms with Gasteiger partial charge in [-0.2, -0.15) is 0 Å². The zero-order valence-corrected chi connectivity index (χ0v) is 14.0. The lowest BCUT2D eigenvalue weighted by molar-refractivity contribution is 0.164. The molecule has 23 heavy (non-hydrogen) atoms. The third kappa shape index (κ3) is 4.05. The molecule has 1 saturated heterocycles. The van der Waals surface area contributed by atoms with Crippen molar-refractivity contribution in [3.8, 4) is 11.4 Å². The second-order valence-corrected chi connectivity index (χ2v) is 6.12. The highest BCUT2D eigenvalue weighted by atomic mass is 15.2. The van der Waals surface area contributed by atoms with Gasteiger partial charge < -0.3 is 5.32 Å². The van der Waals surface area contributed by atoms with E-state index in [0.29, 0.717) is 6.04 Å². The molecule has 1 aliphatic heterocycles. The first-order valence-electron chi connectivity index (χ1n) is 8.50. The van der Waals surface area contributed by atoms with E-state index in [1.807, 2.05) is 25.1 Å². The van der Waals surface area contributed by atoms with Gasteiger partial charge in [0, 0.05) is 42.3 Å². The molecule has 2 aromatic heterocycles.